The van der Waals surface area contributed by atoms with E-state index in [-0.39, 0.29) is 18.4 Å². The van der Waals surface area contributed by atoms with Crippen molar-refractivity contribution in [3.8, 4) is 5.75 Å². The van der Waals surface area contributed by atoms with Gasteiger partial charge in [0.1, 0.15) is 18.5 Å². The Morgan fingerprint density at radius 1 is 1.28 bits per heavy atom. The number of ether oxygens (including phenoxy) is 1. The van der Waals surface area contributed by atoms with Gasteiger partial charge in [0.25, 0.3) is 0 Å². The summed E-state index contributed by atoms with van der Waals surface area (Å²) in [6.07, 6.45) is 0.469. The van der Waals surface area contributed by atoms with E-state index >= 15 is 0 Å². The van der Waals surface area contributed by atoms with Crippen LogP contribution in [0.1, 0.15) is 35.3 Å². The van der Waals surface area contributed by atoms with E-state index in [4.69, 9.17) is 4.74 Å². The van der Waals surface area contributed by atoms with Crippen molar-refractivity contribution in [1.29, 1.82) is 0 Å². The average molecular weight is 357 g/mol. The van der Waals surface area contributed by atoms with Crippen LogP contribution in [0, 0.1) is 0 Å². The molecule has 1 aliphatic heterocycles. The lowest BCUT2D eigenvalue weighted by Crippen LogP contribution is -2.35. The summed E-state index contributed by atoms with van der Waals surface area (Å²) in [5.41, 5.74) is 1.97. The van der Waals surface area contributed by atoms with Gasteiger partial charge in [0.2, 0.25) is 0 Å². The molecule has 0 saturated heterocycles. The van der Waals surface area contributed by atoms with Gasteiger partial charge >= 0.3 is 0 Å². The number of ketones is 1. The van der Waals surface area contributed by atoms with Crippen LogP contribution in [0.5, 0.6) is 5.75 Å². The third-order valence-electron chi connectivity index (χ3n) is 4.26. The van der Waals surface area contributed by atoms with Crippen LogP contribution in [-0.2, 0) is 0 Å². The van der Waals surface area contributed by atoms with E-state index in [2.05, 4.69) is 29.6 Å². The molecule has 2 N–H and O–H groups in total. The van der Waals surface area contributed by atoms with Crippen molar-refractivity contribution < 1.29 is 14.6 Å². The maximum Gasteiger partial charge on any atom is 0.159 e. The maximum absolute atomic E-state index is 11.3. The minimum atomic E-state index is -0.589. The average Bonchev–Trinajstić information content (AvgIpc) is 2.65. The van der Waals surface area contributed by atoms with Gasteiger partial charge in [0, 0.05) is 23.0 Å². The molecule has 0 fully saturated rings. The van der Waals surface area contributed by atoms with Crippen LogP contribution in [0.15, 0.2) is 53.4 Å². The molecule has 0 spiro atoms. The van der Waals surface area contributed by atoms with Gasteiger partial charge in [-0.25, -0.2) is 0 Å². The first-order valence-corrected chi connectivity index (χ1v) is 9.49. The van der Waals surface area contributed by atoms with Gasteiger partial charge in [-0.2, -0.15) is 0 Å². The van der Waals surface area contributed by atoms with Gasteiger partial charge < -0.3 is 15.2 Å². The number of hydrogen-bond donors (Lipinski definition) is 2. The molecule has 0 saturated carbocycles. The van der Waals surface area contributed by atoms with Crippen LogP contribution in [0.3, 0.4) is 0 Å². The first-order chi connectivity index (χ1) is 12.1. The lowest BCUT2D eigenvalue weighted by atomic mass is 10.0. The highest BCUT2D eigenvalue weighted by atomic mass is 32.2. The van der Waals surface area contributed by atoms with Gasteiger partial charge in [0.15, 0.2) is 5.78 Å². The standard InChI is InChI=1S/C20H23NO3S/c1-14(22)15-6-8-17(9-7-15)24-13-16(23)12-21-19-10-11-25-20-5-3-2-4-18(19)20/h2-9,16,19,21,23H,10-13H2,1H3. The molecule has 132 valence electrons. The van der Waals surface area contributed by atoms with Crippen molar-refractivity contribution in [2.24, 2.45) is 0 Å². The molecule has 2 unspecified atom stereocenters. The molecule has 1 aliphatic rings. The van der Waals surface area contributed by atoms with E-state index in [0.717, 1.165) is 12.2 Å². The molecule has 5 heteroatoms. The zero-order chi connectivity index (χ0) is 17.6. The molecule has 4 nitrogen and oxygen atoms in total. The molecule has 2 atom stereocenters. The van der Waals surface area contributed by atoms with Crippen LogP contribution in [0.2, 0.25) is 0 Å². The van der Waals surface area contributed by atoms with Crippen molar-refractivity contribution in [3.63, 3.8) is 0 Å². The molecule has 0 amide bonds. The Kier molecular flexibility index (Phi) is 6.13. The summed E-state index contributed by atoms with van der Waals surface area (Å²) in [7, 11) is 0. The Balaban J connectivity index is 1.47. The Labute approximate surface area is 152 Å². The molecule has 0 aliphatic carbocycles. The largest absolute Gasteiger partial charge is 0.491 e. The van der Waals surface area contributed by atoms with Gasteiger partial charge in [-0.1, -0.05) is 18.2 Å². The lowest BCUT2D eigenvalue weighted by Gasteiger charge is -2.27. The first kappa shape index (κ1) is 18.0. The van der Waals surface area contributed by atoms with E-state index in [0.29, 0.717) is 17.9 Å². The fraction of sp³-hybridized carbons (Fsp3) is 0.350. The summed E-state index contributed by atoms with van der Waals surface area (Å²) in [6.45, 7) is 2.23. The second kappa shape index (κ2) is 8.52. The minimum Gasteiger partial charge on any atom is -0.491 e. The molecule has 2 aromatic rings. The Bertz CT molecular complexity index is 717. The minimum absolute atomic E-state index is 0.0294. The Morgan fingerprint density at radius 2 is 2.04 bits per heavy atom. The zero-order valence-corrected chi connectivity index (χ0v) is 15.1. The van der Waals surface area contributed by atoms with E-state index in [1.54, 1.807) is 24.3 Å². The normalized spacial score (nSPS) is 17.6. The van der Waals surface area contributed by atoms with Crippen molar-refractivity contribution >= 4 is 17.5 Å². The zero-order valence-electron chi connectivity index (χ0n) is 14.3. The predicted octanol–water partition coefficient (Wildman–Crippen LogP) is 3.46. The Morgan fingerprint density at radius 3 is 2.80 bits per heavy atom. The summed E-state index contributed by atoms with van der Waals surface area (Å²) in [5.74, 6) is 1.77. The number of fused-ring (bicyclic) bond motifs is 1. The van der Waals surface area contributed by atoms with Crippen molar-refractivity contribution in [3.05, 3.63) is 59.7 Å². The highest BCUT2D eigenvalue weighted by Crippen LogP contribution is 2.35. The third-order valence-corrected chi connectivity index (χ3v) is 5.38. The number of Topliss-reactive ketones (excluding diaryl/α,β-unsaturated/α-hetero) is 1. The van der Waals surface area contributed by atoms with E-state index in [1.807, 2.05) is 11.8 Å². The highest BCUT2D eigenvalue weighted by molar-refractivity contribution is 7.99. The fourth-order valence-electron chi connectivity index (χ4n) is 2.87. The fourth-order valence-corrected chi connectivity index (χ4v) is 3.99. The first-order valence-electron chi connectivity index (χ1n) is 8.50. The number of rotatable bonds is 7. The van der Waals surface area contributed by atoms with Gasteiger partial charge in [-0.15, -0.1) is 11.8 Å². The van der Waals surface area contributed by atoms with E-state index in [1.165, 1.54) is 17.4 Å². The van der Waals surface area contributed by atoms with Gasteiger partial charge in [0.05, 0.1) is 0 Å². The number of carbonyl (C=O) groups is 1. The van der Waals surface area contributed by atoms with Crippen LogP contribution in [0.25, 0.3) is 0 Å². The van der Waals surface area contributed by atoms with Crippen molar-refractivity contribution in [2.75, 3.05) is 18.9 Å². The maximum atomic E-state index is 11.3. The van der Waals surface area contributed by atoms with E-state index < -0.39 is 6.10 Å². The second-order valence-electron chi connectivity index (χ2n) is 6.18. The molecule has 2 aromatic carbocycles. The van der Waals surface area contributed by atoms with Gasteiger partial charge in [-0.05, 0) is 55.0 Å². The summed E-state index contributed by atoms with van der Waals surface area (Å²) in [6, 6.07) is 15.7. The van der Waals surface area contributed by atoms with Crippen LogP contribution < -0.4 is 10.1 Å². The molecule has 0 aromatic heterocycles. The number of aliphatic hydroxyl groups excluding tert-OH is 1. The van der Waals surface area contributed by atoms with Crippen LogP contribution >= 0.6 is 11.8 Å². The molecule has 0 bridgehead atoms. The number of hydrogen-bond acceptors (Lipinski definition) is 5. The summed E-state index contributed by atoms with van der Waals surface area (Å²) < 4.78 is 5.61. The topological polar surface area (TPSA) is 58.6 Å². The number of nitrogens with one attached hydrogen (secondary N) is 1. The predicted molar refractivity (Wildman–Crippen MR) is 100 cm³/mol. The van der Waals surface area contributed by atoms with Gasteiger partial charge in [-0.3, -0.25) is 4.79 Å². The number of benzene rings is 2. The summed E-state index contributed by atoms with van der Waals surface area (Å²) in [4.78, 5) is 12.6. The SMILES string of the molecule is CC(=O)c1ccc(OCC(O)CNC2CCSc3ccccc32)cc1. The number of aliphatic hydroxyl groups is 1. The molecule has 1 heterocycles. The molecule has 25 heavy (non-hydrogen) atoms. The van der Waals surface area contributed by atoms with Crippen molar-refractivity contribution in [1.82, 2.24) is 5.32 Å². The molecule has 3 rings (SSSR count). The molecule has 0 radical (unpaired) electrons. The van der Waals surface area contributed by atoms with Crippen molar-refractivity contribution in [2.45, 2.75) is 30.4 Å². The Hall–Kier alpha value is -1.82. The number of carbonyl (C=O) groups excluding carboxylic acids is 1. The number of thioether (sulfide) groups is 1. The monoisotopic (exact) mass is 357 g/mol. The second-order valence-corrected chi connectivity index (χ2v) is 7.32. The summed E-state index contributed by atoms with van der Waals surface area (Å²) >= 11 is 1.89. The summed E-state index contributed by atoms with van der Waals surface area (Å²) in [5, 5.41) is 13.6. The van der Waals surface area contributed by atoms with Crippen LogP contribution in [0.4, 0.5) is 0 Å². The molecular formula is C20H23NO3S. The third kappa shape index (κ3) is 4.84. The molecular weight excluding hydrogens is 334 g/mol. The smallest absolute Gasteiger partial charge is 0.159 e. The van der Waals surface area contributed by atoms with Crippen LogP contribution in [-0.4, -0.2) is 35.9 Å². The quantitative estimate of drug-likeness (QED) is 0.743. The highest BCUT2D eigenvalue weighted by Gasteiger charge is 2.20. The lowest BCUT2D eigenvalue weighted by molar-refractivity contribution is 0.101. The van der Waals surface area contributed by atoms with E-state index in [9.17, 15) is 9.90 Å².